The minimum atomic E-state index is -0.244. The number of aromatic nitrogens is 2. The number of carbonyl (C=O) groups excluding carboxylic acids is 1. The van der Waals surface area contributed by atoms with Gasteiger partial charge in [-0.2, -0.15) is 4.98 Å². The second-order valence-electron chi connectivity index (χ2n) is 7.61. The fourth-order valence-electron chi connectivity index (χ4n) is 3.03. The molecular weight excluding hydrogens is 412 g/mol. The lowest BCUT2D eigenvalue weighted by atomic mass is 10.3. The zero-order valence-corrected chi connectivity index (χ0v) is 19.2. The number of nitrogens with zero attached hydrogens (tertiary/aromatic N) is 5. The predicted octanol–water partition coefficient (Wildman–Crippen LogP) is 2.44. The molecule has 2 aromatic rings. The Balaban J connectivity index is 1.78. The molecule has 0 aliphatic carbocycles. The van der Waals surface area contributed by atoms with Crippen LogP contribution in [0.25, 0.3) is 0 Å². The van der Waals surface area contributed by atoms with E-state index in [4.69, 9.17) is 9.72 Å². The summed E-state index contributed by atoms with van der Waals surface area (Å²) in [5, 5.41) is 3.37. The Morgan fingerprint density at radius 2 is 2.10 bits per heavy atom. The summed E-state index contributed by atoms with van der Waals surface area (Å²) in [7, 11) is 6.17. The lowest BCUT2D eigenvalue weighted by molar-refractivity contribution is -0.111. The Bertz CT molecular complexity index is 899. The number of carbonyl (C=O) groups is 1. The number of ether oxygens (including phenoxy) is 1. The molecule has 166 valence electrons. The molecule has 1 N–H and O–H groups in total. The van der Waals surface area contributed by atoms with Gasteiger partial charge < -0.3 is 24.8 Å². The summed E-state index contributed by atoms with van der Waals surface area (Å²) < 4.78 is 6.07. The zero-order valence-electron chi connectivity index (χ0n) is 18.4. The van der Waals surface area contributed by atoms with Crippen LogP contribution in [0.3, 0.4) is 0 Å². The molecule has 0 saturated carbocycles. The topological polar surface area (TPSA) is 73.8 Å². The summed E-state index contributed by atoms with van der Waals surface area (Å²) >= 11 is 1.43. The molecule has 0 unspecified atom stereocenters. The average Bonchev–Trinajstić information content (AvgIpc) is 2.75. The monoisotopic (exact) mass is 442 g/mol. The molecule has 8 nitrogen and oxygen atoms in total. The van der Waals surface area contributed by atoms with Crippen LogP contribution in [0, 0.1) is 0 Å². The second kappa shape index (κ2) is 11.1. The number of rotatable bonds is 9. The van der Waals surface area contributed by atoms with Crippen LogP contribution in [-0.2, 0) is 4.79 Å². The van der Waals surface area contributed by atoms with Gasteiger partial charge in [0.1, 0.15) is 12.3 Å². The van der Waals surface area contributed by atoms with Gasteiger partial charge in [0.2, 0.25) is 11.8 Å². The summed E-state index contributed by atoms with van der Waals surface area (Å²) in [5.74, 6) is 0.367. The Hall–Kier alpha value is -2.62. The first kappa shape index (κ1) is 23.1. The highest BCUT2D eigenvalue weighted by atomic mass is 32.2. The molecule has 1 amide bonds. The van der Waals surface area contributed by atoms with Gasteiger partial charge in [-0.25, -0.2) is 4.98 Å². The van der Waals surface area contributed by atoms with E-state index in [1.165, 1.54) is 17.8 Å². The van der Waals surface area contributed by atoms with Crippen LogP contribution in [0.2, 0.25) is 0 Å². The number of piperazine rings is 1. The first-order valence-corrected chi connectivity index (χ1v) is 11.1. The second-order valence-corrected chi connectivity index (χ2v) is 8.65. The van der Waals surface area contributed by atoms with E-state index < -0.39 is 0 Å². The van der Waals surface area contributed by atoms with E-state index in [-0.39, 0.29) is 5.91 Å². The number of likely N-dealkylation sites (N-methyl/N-ethyl adjacent to an activating group) is 2. The molecule has 0 radical (unpaired) electrons. The molecule has 1 aromatic heterocycles. The van der Waals surface area contributed by atoms with Gasteiger partial charge in [0, 0.05) is 43.3 Å². The Morgan fingerprint density at radius 3 is 2.81 bits per heavy atom. The van der Waals surface area contributed by atoms with Crippen molar-refractivity contribution in [2.45, 2.75) is 10.1 Å². The van der Waals surface area contributed by atoms with E-state index in [2.05, 4.69) is 38.6 Å². The maximum absolute atomic E-state index is 11.6. The van der Waals surface area contributed by atoms with Gasteiger partial charge in [-0.15, -0.1) is 0 Å². The van der Waals surface area contributed by atoms with Gasteiger partial charge >= 0.3 is 0 Å². The van der Waals surface area contributed by atoms with Crippen LogP contribution in [0.4, 0.5) is 11.4 Å². The standard InChI is InChI=1S/C22H30N6O2S/c1-5-20(29)24-17-7-6-8-18(15-17)31-22-23-16-19(28-11-9-27(4)10-12-28)21(25-22)30-14-13-26(2)3/h5-8,15-16H,1,9-14H2,2-4H3,(H,24,29). The van der Waals surface area contributed by atoms with Crippen LogP contribution < -0.4 is 15.0 Å². The minimum absolute atomic E-state index is 0.244. The largest absolute Gasteiger partial charge is 0.475 e. The van der Waals surface area contributed by atoms with Crippen molar-refractivity contribution in [2.75, 3.05) is 70.7 Å². The molecule has 1 saturated heterocycles. The van der Waals surface area contributed by atoms with Crippen LogP contribution in [-0.4, -0.2) is 86.1 Å². The predicted molar refractivity (Wildman–Crippen MR) is 125 cm³/mol. The molecule has 0 atom stereocenters. The Morgan fingerprint density at radius 1 is 1.32 bits per heavy atom. The quantitative estimate of drug-likeness (QED) is 0.469. The molecule has 1 aliphatic rings. The van der Waals surface area contributed by atoms with Crippen LogP contribution >= 0.6 is 11.8 Å². The molecule has 3 rings (SSSR count). The third-order valence-corrected chi connectivity index (χ3v) is 5.70. The van der Waals surface area contributed by atoms with Crippen molar-refractivity contribution < 1.29 is 9.53 Å². The normalized spacial score (nSPS) is 14.5. The summed E-state index contributed by atoms with van der Waals surface area (Å²) in [6, 6.07) is 7.56. The van der Waals surface area contributed by atoms with Crippen molar-refractivity contribution in [3.8, 4) is 5.88 Å². The van der Waals surface area contributed by atoms with Crippen molar-refractivity contribution in [2.24, 2.45) is 0 Å². The molecule has 2 heterocycles. The van der Waals surface area contributed by atoms with Gasteiger partial charge in [-0.3, -0.25) is 4.79 Å². The van der Waals surface area contributed by atoms with Crippen molar-refractivity contribution in [3.05, 3.63) is 43.1 Å². The Labute approximate surface area is 188 Å². The molecular formula is C22H30N6O2S. The third-order valence-electron chi connectivity index (χ3n) is 4.83. The van der Waals surface area contributed by atoms with Crippen LogP contribution in [0.5, 0.6) is 5.88 Å². The average molecular weight is 443 g/mol. The highest BCUT2D eigenvalue weighted by Crippen LogP contribution is 2.32. The van der Waals surface area contributed by atoms with E-state index in [0.29, 0.717) is 23.3 Å². The van der Waals surface area contributed by atoms with Crippen molar-refractivity contribution >= 4 is 29.0 Å². The highest BCUT2D eigenvalue weighted by molar-refractivity contribution is 7.99. The molecule has 0 bridgehead atoms. The van der Waals surface area contributed by atoms with Gasteiger partial charge in [-0.1, -0.05) is 12.6 Å². The summed E-state index contributed by atoms with van der Waals surface area (Å²) in [6.07, 6.45) is 3.10. The maximum Gasteiger partial charge on any atom is 0.247 e. The molecule has 9 heteroatoms. The fraction of sp³-hybridized carbons (Fsp3) is 0.409. The molecule has 0 spiro atoms. The fourth-order valence-corrected chi connectivity index (χ4v) is 3.80. The first-order valence-electron chi connectivity index (χ1n) is 10.2. The number of hydrogen-bond acceptors (Lipinski definition) is 8. The number of anilines is 2. The van der Waals surface area contributed by atoms with E-state index >= 15 is 0 Å². The Kier molecular flexibility index (Phi) is 8.27. The lowest BCUT2D eigenvalue weighted by Crippen LogP contribution is -2.44. The summed E-state index contributed by atoms with van der Waals surface area (Å²) in [6.45, 7) is 8.67. The van der Waals surface area contributed by atoms with Gasteiger partial charge in [0.15, 0.2) is 5.16 Å². The summed E-state index contributed by atoms with van der Waals surface area (Å²) in [5.41, 5.74) is 1.63. The molecule has 1 aromatic carbocycles. The van der Waals surface area contributed by atoms with Crippen molar-refractivity contribution in [3.63, 3.8) is 0 Å². The third kappa shape index (κ3) is 6.95. The van der Waals surface area contributed by atoms with E-state index in [1.54, 1.807) is 0 Å². The van der Waals surface area contributed by atoms with Gasteiger partial charge in [0.25, 0.3) is 0 Å². The molecule has 1 fully saturated rings. The summed E-state index contributed by atoms with van der Waals surface area (Å²) in [4.78, 5) is 28.5. The number of amides is 1. The van der Waals surface area contributed by atoms with Crippen molar-refractivity contribution in [1.82, 2.24) is 19.8 Å². The molecule has 1 aliphatic heterocycles. The molecule has 31 heavy (non-hydrogen) atoms. The van der Waals surface area contributed by atoms with Gasteiger partial charge in [-0.05, 0) is 57.2 Å². The number of benzene rings is 1. The van der Waals surface area contributed by atoms with Crippen LogP contribution in [0.1, 0.15) is 0 Å². The SMILES string of the molecule is C=CC(=O)Nc1cccc(Sc2ncc(N3CCN(C)CC3)c(OCCN(C)C)n2)c1. The lowest BCUT2D eigenvalue weighted by Gasteiger charge is -2.34. The highest BCUT2D eigenvalue weighted by Gasteiger charge is 2.20. The van der Waals surface area contributed by atoms with Crippen LogP contribution in [0.15, 0.2) is 53.2 Å². The van der Waals surface area contributed by atoms with E-state index in [9.17, 15) is 4.79 Å². The maximum atomic E-state index is 11.6. The minimum Gasteiger partial charge on any atom is -0.475 e. The van der Waals surface area contributed by atoms with E-state index in [1.807, 2.05) is 44.6 Å². The van der Waals surface area contributed by atoms with Crippen molar-refractivity contribution in [1.29, 1.82) is 0 Å². The first-order chi connectivity index (χ1) is 14.9. The van der Waals surface area contributed by atoms with Gasteiger partial charge in [0.05, 0.1) is 6.20 Å². The smallest absolute Gasteiger partial charge is 0.247 e. The number of nitrogens with one attached hydrogen (secondary N) is 1. The van der Waals surface area contributed by atoms with E-state index in [0.717, 1.165) is 43.3 Å². The number of hydrogen-bond donors (Lipinski definition) is 1. The zero-order chi connectivity index (χ0) is 22.2.